The number of nitrogens with one attached hydrogen (secondary N) is 1. The van der Waals surface area contributed by atoms with Crippen molar-refractivity contribution >= 4 is 0 Å². The van der Waals surface area contributed by atoms with E-state index < -0.39 is 0 Å². The number of hydrogen-bond donors (Lipinski definition) is 1. The Kier molecular flexibility index (Phi) is 3.97. The highest BCUT2D eigenvalue weighted by Crippen LogP contribution is 2.22. The van der Waals surface area contributed by atoms with E-state index in [9.17, 15) is 4.79 Å². The van der Waals surface area contributed by atoms with Crippen molar-refractivity contribution in [3.05, 3.63) is 69.0 Å². The molecule has 0 saturated carbocycles. The van der Waals surface area contributed by atoms with Crippen LogP contribution in [0.15, 0.2) is 39.6 Å². The Morgan fingerprint density at radius 1 is 1.24 bits per heavy atom. The Bertz CT molecular complexity index is 956. The molecule has 1 aliphatic heterocycles. The first kappa shape index (κ1) is 15.8. The van der Waals surface area contributed by atoms with Gasteiger partial charge >= 0.3 is 0 Å². The molecular weight excluding hydrogens is 316 g/mol. The summed E-state index contributed by atoms with van der Waals surface area (Å²) in [5, 5.41) is 4.18. The fourth-order valence-electron chi connectivity index (χ4n) is 3.21. The minimum atomic E-state index is -0.0345. The Morgan fingerprint density at radius 3 is 2.84 bits per heavy atom. The van der Waals surface area contributed by atoms with Crippen LogP contribution in [-0.4, -0.2) is 26.6 Å². The van der Waals surface area contributed by atoms with E-state index in [2.05, 4.69) is 39.1 Å². The second-order valence-electron chi connectivity index (χ2n) is 6.59. The largest absolute Gasteiger partial charge is 0.356 e. The summed E-state index contributed by atoms with van der Waals surface area (Å²) >= 11 is 0. The van der Waals surface area contributed by atoms with E-state index in [0.29, 0.717) is 18.9 Å². The van der Waals surface area contributed by atoms with Gasteiger partial charge in [0.05, 0.1) is 17.0 Å². The van der Waals surface area contributed by atoms with E-state index in [4.69, 9.17) is 4.52 Å². The molecular formula is C19H20N4O2. The van der Waals surface area contributed by atoms with Crippen LogP contribution in [0.5, 0.6) is 0 Å². The maximum absolute atomic E-state index is 12.1. The summed E-state index contributed by atoms with van der Waals surface area (Å²) in [7, 11) is 0. The first-order valence-electron chi connectivity index (χ1n) is 8.42. The van der Waals surface area contributed by atoms with Crippen molar-refractivity contribution < 1.29 is 4.52 Å². The van der Waals surface area contributed by atoms with Gasteiger partial charge in [-0.2, -0.15) is 0 Å². The van der Waals surface area contributed by atoms with Crippen LogP contribution in [-0.2, 0) is 19.5 Å². The molecule has 1 N–H and O–H groups in total. The van der Waals surface area contributed by atoms with Crippen LogP contribution in [0.2, 0.25) is 0 Å². The average molecular weight is 336 g/mol. The molecule has 1 aliphatic rings. The zero-order valence-corrected chi connectivity index (χ0v) is 14.4. The van der Waals surface area contributed by atoms with Crippen molar-refractivity contribution in [3.63, 3.8) is 0 Å². The second-order valence-corrected chi connectivity index (χ2v) is 6.59. The van der Waals surface area contributed by atoms with Gasteiger partial charge < -0.3 is 9.51 Å². The van der Waals surface area contributed by atoms with E-state index >= 15 is 0 Å². The molecule has 25 heavy (non-hydrogen) atoms. The quantitative estimate of drug-likeness (QED) is 0.796. The van der Waals surface area contributed by atoms with Gasteiger partial charge in [-0.25, -0.2) is 4.98 Å². The number of benzene rings is 1. The molecule has 1 aromatic carbocycles. The SMILES string of the molecule is Cc1ccc(-c2cc(CN3CCc4nc(C)[nH]c(=O)c4C3)no2)cc1. The number of aryl methyl sites for hydroxylation is 2. The van der Waals surface area contributed by atoms with Crippen LogP contribution in [0, 0.1) is 13.8 Å². The fraction of sp³-hybridized carbons (Fsp3) is 0.316. The summed E-state index contributed by atoms with van der Waals surface area (Å²) in [4.78, 5) is 21.6. The molecule has 6 heteroatoms. The van der Waals surface area contributed by atoms with E-state index in [-0.39, 0.29) is 5.56 Å². The normalized spacial score (nSPS) is 14.5. The molecule has 0 unspecified atom stereocenters. The molecule has 0 amide bonds. The molecule has 6 nitrogen and oxygen atoms in total. The van der Waals surface area contributed by atoms with Gasteiger partial charge in [0.2, 0.25) is 0 Å². The smallest absolute Gasteiger partial charge is 0.255 e. The Morgan fingerprint density at radius 2 is 2.04 bits per heavy atom. The average Bonchev–Trinajstić information content (AvgIpc) is 3.04. The molecule has 0 spiro atoms. The summed E-state index contributed by atoms with van der Waals surface area (Å²) in [6.45, 7) is 5.97. The van der Waals surface area contributed by atoms with Crippen LogP contribution >= 0.6 is 0 Å². The maximum atomic E-state index is 12.1. The van der Waals surface area contributed by atoms with Gasteiger partial charge in [-0.05, 0) is 13.8 Å². The molecule has 2 aromatic heterocycles. The standard InChI is InChI=1S/C19H20N4O2/c1-12-3-5-14(6-4-12)18-9-15(22-25-18)10-23-8-7-17-16(11-23)19(24)21-13(2)20-17/h3-6,9H,7-8,10-11H2,1-2H3,(H,20,21,24). The molecule has 0 bridgehead atoms. The van der Waals surface area contributed by atoms with Gasteiger partial charge in [-0.1, -0.05) is 35.0 Å². The lowest BCUT2D eigenvalue weighted by Crippen LogP contribution is -2.35. The molecule has 128 valence electrons. The predicted molar refractivity (Wildman–Crippen MR) is 94.1 cm³/mol. The summed E-state index contributed by atoms with van der Waals surface area (Å²) < 4.78 is 5.48. The molecule has 0 fully saturated rings. The zero-order valence-electron chi connectivity index (χ0n) is 14.4. The molecule has 4 rings (SSSR count). The lowest BCUT2D eigenvalue weighted by Gasteiger charge is -2.26. The van der Waals surface area contributed by atoms with E-state index in [1.165, 1.54) is 5.56 Å². The van der Waals surface area contributed by atoms with Gasteiger partial charge in [0.15, 0.2) is 5.76 Å². The number of aromatic amines is 1. The molecule has 0 atom stereocenters. The van der Waals surface area contributed by atoms with Crippen LogP contribution in [0.25, 0.3) is 11.3 Å². The summed E-state index contributed by atoms with van der Waals surface area (Å²) in [6.07, 6.45) is 0.781. The number of H-pyrrole nitrogens is 1. The minimum absolute atomic E-state index is 0.0345. The van der Waals surface area contributed by atoms with Gasteiger partial charge in [0.1, 0.15) is 5.82 Å². The van der Waals surface area contributed by atoms with Crippen molar-refractivity contribution in [2.45, 2.75) is 33.4 Å². The van der Waals surface area contributed by atoms with Crippen molar-refractivity contribution in [3.8, 4) is 11.3 Å². The Hall–Kier alpha value is -2.73. The highest BCUT2D eigenvalue weighted by molar-refractivity contribution is 5.57. The van der Waals surface area contributed by atoms with Gasteiger partial charge in [-0.3, -0.25) is 9.69 Å². The fourth-order valence-corrected chi connectivity index (χ4v) is 3.21. The zero-order chi connectivity index (χ0) is 17.4. The topological polar surface area (TPSA) is 75.0 Å². The van der Waals surface area contributed by atoms with Crippen LogP contribution in [0.3, 0.4) is 0 Å². The molecule has 3 heterocycles. The van der Waals surface area contributed by atoms with Crippen LogP contribution in [0.1, 0.15) is 28.3 Å². The van der Waals surface area contributed by atoms with Crippen molar-refractivity contribution in [1.29, 1.82) is 0 Å². The number of aromatic nitrogens is 3. The number of hydrogen-bond acceptors (Lipinski definition) is 5. The van der Waals surface area contributed by atoms with Crippen molar-refractivity contribution in [1.82, 2.24) is 20.0 Å². The van der Waals surface area contributed by atoms with Crippen molar-refractivity contribution in [2.24, 2.45) is 0 Å². The van der Waals surface area contributed by atoms with E-state index in [1.54, 1.807) is 0 Å². The van der Waals surface area contributed by atoms with Gasteiger partial charge in [0, 0.05) is 37.7 Å². The predicted octanol–water partition coefficient (Wildman–Crippen LogP) is 2.60. The summed E-state index contributed by atoms with van der Waals surface area (Å²) in [5.74, 6) is 1.44. The minimum Gasteiger partial charge on any atom is -0.356 e. The number of fused-ring (bicyclic) bond motifs is 1. The maximum Gasteiger partial charge on any atom is 0.255 e. The first-order valence-corrected chi connectivity index (χ1v) is 8.42. The summed E-state index contributed by atoms with van der Waals surface area (Å²) in [5.41, 5.74) is 4.74. The highest BCUT2D eigenvalue weighted by atomic mass is 16.5. The third-order valence-corrected chi connectivity index (χ3v) is 4.55. The van der Waals surface area contributed by atoms with Gasteiger partial charge in [-0.15, -0.1) is 0 Å². The molecule has 0 aliphatic carbocycles. The highest BCUT2D eigenvalue weighted by Gasteiger charge is 2.21. The Labute approximate surface area is 145 Å². The van der Waals surface area contributed by atoms with Gasteiger partial charge in [0.25, 0.3) is 5.56 Å². The number of nitrogens with zero attached hydrogens (tertiary/aromatic N) is 3. The van der Waals surface area contributed by atoms with E-state index in [1.807, 2.05) is 25.1 Å². The molecule has 3 aromatic rings. The second kappa shape index (κ2) is 6.29. The van der Waals surface area contributed by atoms with E-state index in [0.717, 1.165) is 41.2 Å². The third-order valence-electron chi connectivity index (χ3n) is 4.55. The van der Waals surface area contributed by atoms with Crippen molar-refractivity contribution in [2.75, 3.05) is 6.54 Å². The lowest BCUT2D eigenvalue weighted by molar-refractivity contribution is 0.234. The first-order chi connectivity index (χ1) is 12.1. The summed E-state index contributed by atoms with van der Waals surface area (Å²) in [6, 6.07) is 10.1. The molecule has 0 radical (unpaired) electrons. The number of rotatable bonds is 3. The third kappa shape index (κ3) is 3.25. The lowest BCUT2D eigenvalue weighted by atomic mass is 10.1. The van der Waals surface area contributed by atoms with Crippen LogP contribution < -0.4 is 5.56 Å². The monoisotopic (exact) mass is 336 g/mol. The van der Waals surface area contributed by atoms with Crippen LogP contribution in [0.4, 0.5) is 0 Å². The Balaban J connectivity index is 1.50. The molecule has 0 saturated heterocycles.